The molecule has 0 radical (unpaired) electrons. The van der Waals surface area contributed by atoms with Crippen molar-refractivity contribution in [3.05, 3.63) is 97.9 Å². The minimum absolute atomic E-state index is 0.130. The van der Waals surface area contributed by atoms with Crippen LogP contribution < -0.4 is 30.3 Å². The standard InChI is InChI=1S/C31H31BrClFN4O7/c1-4-43-25-13-20(28-27(30(40)42-3)17(2)36-31(41)37-28)8-9-24(25)44-16-26(39)38-35-14-19-11-22(32)29(23(33)12-19)45-15-18-6-5-7-21(34)10-18/h5-14,26,28,38-39H,4,15-16H2,1-3H3,(H2,36,37,41)/b35-14-/t26-,28-/m1/s1. The van der Waals surface area contributed by atoms with E-state index in [1.165, 1.54) is 25.5 Å². The maximum atomic E-state index is 13.4. The van der Waals surface area contributed by atoms with Gasteiger partial charge in [-0.05, 0) is 82.9 Å². The minimum Gasteiger partial charge on any atom is -0.490 e. The topological polar surface area (TPSA) is 140 Å². The summed E-state index contributed by atoms with van der Waals surface area (Å²) in [6, 6.07) is 13.1. The minimum atomic E-state index is -1.19. The van der Waals surface area contributed by atoms with Crippen molar-refractivity contribution in [3.63, 3.8) is 0 Å². The summed E-state index contributed by atoms with van der Waals surface area (Å²) in [5.41, 5.74) is 5.05. The van der Waals surface area contributed by atoms with Crippen LogP contribution in [0.1, 0.15) is 36.6 Å². The molecule has 0 aliphatic carbocycles. The van der Waals surface area contributed by atoms with Crippen molar-refractivity contribution in [2.75, 3.05) is 20.3 Å². The van der Waals surface area contributed by atoms with Gasteiger partial charge in [-0.2, -0.15) is 5.10 Å². The van der Waals surface area contributed by atoms with E-state index in [0.29, 0.717) is 55.7 Å². The molecule has 14 heteroatoms. The number of carbonyl (C=O) groups is 2. The Kier molecular flexibility index (Phi) is 11.6. The summed E-state index contributed by atoms with van der Waals surface area (Å²) >= 11 is 9.83. The number of allylic oxidation sites excluding steroid dienone is 1. The molecule has 0 aromatic heterocycles. The van der Waals surface area contributed by atoms with Crippen molar-refractivity contribution in [1.82, 2.24) is 16.1 Å². The first-order valence-electron chi connectivity index (χ1n) is 13.7. The molecule has 0 bridgehead atoms. The van der Waals surface area contributed by atoms with Crippen molar-refractivity contribution in [2.24, 2.45) is 5.10 Å². The van der Waals surface area contributed by atoms with Crippen molar-refractivity contribution in [3.8, 4) is 17.2 Å². The van der Waals surface area contributed by atoms with E-state index in [2.05, 4.69) is 37.1 Å². The van der Waals surface area contributed by atoms with Gasteiger partial charge in [0, 0.05) is 5.70 Å². The Balaban J connectivity index is 1.37. The average Bonchev–Trinajstić information content (AvgIpc) is 2.99. The number of amides is 2. The monoisotopic (exact) mass is 704 g/mol. The lowest BCUT2D eigenvalue weighted by atomic mass is 9.95. The number of nitrogens with one attached hydrogen (secondary N) is 3. The zero-order chi connectivity index (χ0) is 32.5. The molecule has 0 saturated carbocycles. The van der Waals surface area contributed by atoms with Gasteiger partial charge in [-0.15, -0.1) is 0 Å². The molecular weight excluding hydrogens is 675 g/mol. The molecule has 11 nitrogen and oxygen atoms in total. The number of esters is 1. The van der Waals surface area contributed by atoms with E-state index in [0.717, 1.165) is 0 Å². The van der Waals surface area contributed by atoms with Gasteiger partial charge in [-0.3, -0.25) is 5.43 Å². The van der Waals surface area contributed by atoms with Crippen LogP contribution in [0.3, 0.4) is 0 Å². The predicted octanol–water partition coefficient (Wildman–Crippen LogP) is 5.34. The van der Waals surface area contributed by atoms with Crippen LogP contribution in [0, 0.1) is 5.82 Å². The number of benzene rings is 3. The van der Waals surface area contributed by atoms with Crippen molar-refractivity contribution in [2.45, 2.75) is 32.7 Å². The van der Waals surface area contributed by atoms with E-state index in [4.69, 9.17) is 30.5 Å². The molecular formula is C31H31BrClFN4O7. The zero-order valence-electron chi connectivity index (χ0n) is 24.5. The van der Waals surface area contributed by atoms with Gasteiger partial charge >= 0.3 is 12.0 Å². The first-order valence-corrected chi connectivity index (χ1v) is 14.9. The number of hydrogen-bond donors (Lipinski definition) is 4. The van der Waals surface area contributed by atoms with E-state index in [9.17, 15) is 19.1 Å². The summed E-state index contributed by atoms with van der Waals surface area (Å²) in [5, 5.41) is 20.1. The fraction of sp³-hybridized carbons (Fsp3) is 0.258. The summed E-state index contributed by atoms with van der Waals surface area (Å²) in [6.45, 7) is 3.67. The zero-order valence-corrected chi connectivity index (χ0v) is 26.9. The van der Waals surface area contributed by atoms with Gasteiger partial charge in [0.15, 0.2) is 23.5 Å². The number of carbonyl (C=O) groups excluding carboxylic acids is 2. The lowest BCUT2D eigenvalue weighted by Crippen LogP contribution is -2.45. The number of ether oxygens (including phenoxy) is 4. The number of hydrogen-bond acceptors (Lipinski definition) is 9. The SMILES string of the molecule is CCOc1cc([C@H]2NC(=O)NC(C)=C2C(=O)OC)ccc1OC[C@@H](O)N/N=C\c1cc(Cl)c(OCc2cccc(F)c2)c(Br)c1. The Morgan fingerprint density at radius 3 is 2.69 bits per heavy atom. The highest BCUT2D eigenvalue weighted by atomic mass is 79.9. The largest absolute Gasteiger partial charge is 0.490 e. The summed E-state index contributed by atoms with van der Waals surface area (Å²) in [5.74, 6) is 0.131. The Bertz CT molecular complexity index is 1600. The van der Waals surface area contributed by atoms with Crippen molar-refractivity contribution >= 4 is 45.7 Å². The number of nitrogens with zero attached hydrogens (tertiary/aromatic N) is 1. The first kappa shape index (κ1) is 33.6. The lowest BCUT2D eigenvalue weighted by Gasteiger charge is -2.28. The molecule has 4 rings (SSSR count). The van der Waals surface area contributed by atoms with E-state index in [1.807, 2.05) is 0 Å². The van der Waals surface area contributed by atoms with Crippen LogP contribution in [0.5, 0.6) is 17.2 Å². The third-order valence-electron chi connectivity index (χ3n) is 6.40. The second-order valence-electron chi connectivity index (χ2n) is 9.65. The predicted molar refractivity (Wildman–Crippen MR) is 169 cm³/mol. The number of halogens is 3. The van der Waals surface area contributed by atoms with Gasteiger partial charge in [-0.1, -0.05) is 29.8 Å². The summed E-state index contributed by atoms with van der Waals surface area (Å²) in [4.78, 5) is 24.6. The van der Waals surface area contributed by atoms with Gasteiger partial charge in [-0.25, -0.2) is 14.0 Å². The summed E-state index contributed by atoms with van der Waals surface area (Å²) in [7, 11) is 1.26. The molecule has 0 saturated heterocycles. The van der Waals surface area contributed by atoms with Gasteiger partial charge in [0.05, 0.1) is 41.0 Å². The number of methoxy groups -OCH3 is 1. The molecule has 45 heavy (non-hydrogen) atoms. The summed E-state index contributed by atoms with van der Waals surface area (Å²) in [6.07, 6.45) is 0.265. The second-order valence-corrected chi connectivity index (χ2v) is 10.9. The number of rotatable bonds is 13. The highest BCUT2D eigenvalue weighted by molar-refractivity contribution is 9.10. The molecule has 0 unspecified atom stereocenters. The van der Waals surface area contributed by atoms with E-state index in [1.54, 1.807) is 56.3 Å². The normalized spacial score (nSPS) is 15.3. The Morgan fingerprint density at radius 1 is 1.18 bits per heavy atom. The summed E-state index contributed by atoms with van der Waals surface area (Å²) < 4.78 is 36.2. The molecule has 238 valence electrons. The van der Waals surface area contributed by atoms with Crippen molar-refractivity contribution < 1.29 is 38.0 Å². The molecule has 0 spiro atoms. The highest BCUT2D eigenvalue weighted by Gasteiger charge is 2.32. The molecule has 0 fully saturated rings. The first-order chi connectivity index (χ1) is 21.6. The average molecular weight is 706 g/mol. The molecule has 1 heterocycles. The van der Waals surface area contributed by atoms with E-state index < -0.39 is 24.3 Å². The van der Waals surface area contributed by atoms with Crippen molar-refractivity contribution in [1.29, 1.82) is 0 Å². The molecule has 3 aromatic rings. The van der Waals surface area contributed by atoms with Crippen LogP contribution in [0.25, 0.3) is 0 Å². The number of aliphatic hydroxyl groups excluding tert-OH is 1. The van der Waals surface area contributed by atoms with Crippen LogP contribution in [0.2, 0.25) is 5.02 Å². The third-order valence-corrected chi connectivity index (χ3v) is 7.27. The molecule has 1 aliphatic heterocycles. The van der Waals surface area contributed by atoms with Crippen LogP contribution in [-0.4, -0.2) is 49.9 Å². The van der Waals surface area contributed by atoms with Gasteiger partial charge in [0.2, 0.25) is 0 Å². The number of hydrazone groups is 1. The molecule has 4 N–H and O–H groups in total. The fourth-order valence-corrected chi connectivity index (χ4v) is 5.38. The van der Waals surface area contributed by atoms with Crippen LogP contribution in [0.15, 0.2) is 75.4 Å². The second kappa shape index (κ2) is 15.6. The lowest BCUT2D eigenvalue weighted by molar-refractivity contribution is -0.136. The maximum absolute atomic E-state index is 13.4. The highest BCUT2D eigenvalue weighted by Crippen LogP contribution is 2.36. The van der Waals surface area contributed by atoms with Gasteiger partial charge < -0.3 is 34.7 Å². The van der Waals surface area contributed by atoms with Crippen LogP contribution in [0.4, 0.5) is 9.18 Å². The van der Waals surface area contributed by atoms with Gasteiger partial charge in [0.1, 0.15) is 19.0 Å². The Morgan fingerprint density at radius 2 is 1.98 bits per heavy atom. The van der Waals surface area contributed by atoms with Gasteiger partial charge in [0.25, 0.3) is 0 Å². The number of urea groups is 1. The van der Waals surface area contributed by atoms with E-state index in [-0.39, 0.29) is 24.6 Å². The Labute approximate surface area is 272 Å². The Hall–Kier alpha value is -4.33. The van der Waals surface area contributed by atoms with E-state index >= 15 is 0 Å². The quantitative estimate of drug-likeness (QED) is 0.0809. The molecule has 1 aliphatic rings. The molecule has 2 amide bonds. The smallest absolute Gasteiger partial charge is 0.337 e. The number of aliphatic hydroxyl groups is 1. The fourth-order valence-electron chi connectivity index (χ4n) is 4.39. The molecule has 3 aromatic carbocycles. The maximum Gasteiger partial charge on any atom is 0.337 e. The van der Waals surface area contributed by atoms with Crippen LogP contribution >= 0.6 is 27.5 Å². The van der Waals surface area contributed by atoms with Crippen LogP contribution in [-0.2, 0) is 16.1 Å². The molecule has 2 atom stereocenters. The third kappa shape index (κ3) is 8.87.